The topological polar surface area (TPSA) is 29.3 Å². The molecule has 0 aromatic heterocycles. The molecule has 0 fully saturated rings. The molecule has 1 aliphatic rings. The maximum atomic E-state index is 6.37. The molecule has 0 saturated carbocycles. The van der Waals surface area contributed by atoms with Crippen molar-refractivity contribution in [2.24, 2.45) is 5.84 Å². The number of nitrogens with zero attached hydrogens (tertiary/aromatic N) is 1. The van der Waals surface area contributed by atoms with Crippen LogP contribution in [0.15, 0.2) is 46.2 Å². The molecule has 0 spiro atoms. The summed E-state index contributed by atoms with van der Waals surface area (Å²) >= 11 is 1.82. The average molecular weight is 298 g/mol. The number of anilines is 2. The first-order chi connectivity index (χ1) is 9.97. The summed E-state index contributed by atoms with van der Waals surface area (Å²) in [4.78, 5) is 2.48. The minimum absolute atomic E-state index is 0.512. The van der Waals surface area contributed by atoms with Crippen molar-refractivity contribution >= 4 is 23.1 Å². The van der Waals surface area contributed by atoms with Gasteiger partial charge in [0.1, 0.15) is 0 Å². The van der Waals surface area contributed by atoms with E-state index in [0.717, 1.165) is 11.4 Å². The maximum Gasteiger partial charge on any atom is 0.0718 e. The summed E-state index contributed by atoms with van der Waals surface area (Å²) in [6, 6.07) is 13.2. The van der Waals surface area contributed by atoms with Gasteiger partial charge in [0, 0.05) is 9.79 Å². The van der Waals surface area contributed by atoms with Gasteiger partial charge in [-0.15, -0.1) is 0 Å². The number of nitrogens with two attached hydrogens (primary N) is 1. The first kappa shape index (κ1) is 14.5. The molecule has 1 aliphatic heterocycles. The Hall–Kier alpha value is -1.45. The van der Waals surface area contributed by atoms with Crippen LogP contribution in [0.4, 0.5) is 11.4 Å². The quantitative estimate of drug-likeness (QED) is 0.752. The Bertz CT molecular complexity index is 677. The summed E-state index contributed by atoms with van der Waals surface area (Å²) in [6.07, 6.45) is 0. The zero-order valence-corrected chi connectivity index (χ0v) is 13.9. The molecular formula is C18H22N2S. The van der Waals surface area contributed by atoms with Gasteiger partial charge in [0.05, 0.1) is 11.4 Å². The fourth-order valence-electron chi connectivity index (χ4n) is 2.59. The molecule has 0 amide bonds. The molecule has 0 radical (unpaired) electrons. The normalized spacial score (nSPS) is 13.6. The van der Waals surface area contributed by atoms with Crippen LogP contribution < -0.4 is 10.9 Å². The van der Waals surface area contributed by atoms with Crippen LogP contribution in [0.3, 0.4) is 0 Å². The molecule has 2 aromatic carbocycles. The molecule has 2 aromatic rings. The zero-order valence-electron chi connectivity index (χ0n) is 13.1. The second kappa shape index (κ2) is 5.39. The van der Waals surface area contributed by atoms with Gasteiger partial charge in [-0.25, -0.2) is 5.84 Å². The van der Waals surface area contributed by atoms with Gasteiger partial charge in [0.2, 0.25) is 0 Å². The molecule has 1 heterocycles. The van der Waals surface area contributed by atoms with E-state index in [-0.39, 0.29) is 0 Å². The van der Waals surface area contributed by atoms with E-state index in [1.807, 2.05) is 16.8 Å². The lowest BCUT2D eigenvalue weighted by Crippen LogP contribution is -2.28. The van der Waals surface area contributed by atoms with E-state index in [4.69, 9.17) is 5.84 Å². The first-order valence-corrected chi connectivity index (χ1v) is 8.29. The molecule has 0 saturated heterocycles. The number of hydrogen-bond donors (Lipinski definition) is 1. The first-order valence-electron chi connectivity index (χ1n) is 7.48. The van der Waals surface area contributed by atoms with Gasteiger partial charge in [-0.1, -0.05) is 51.6 Å². The Morgan fingerprint density at radius 2 is 1.43 bits per heavy atom. The fourth-order valence-corrected chi connectivity index (χ4v) is 3.69. The smallest absolute Gasteiger partial charge is 0.0718 e. The highest BCUT2D eigenvalue weighted by Crippen LogP contribution is 2.48. The van der Waals surface area contributed by atoms with Gasteiger partial charge < -0.3 is 0 Å². The molecule has 0 unspecified atom stereocenters. The molecule has 2 nitrogen and oxygen atoms in total. The number of hydrazine groups is 1. The minimum Gasteiger partial charge on any atom is -0.277 e. The largest absolute Gasteiger partial charge is 0.277 e. The van der Waals surface area contributed by atoms with Crippen molar-refractivity contribution in [2.75, 3.05) is 5.01 Å². The Kier molecular flexibility index (Phi) is 3.72. The molecule has 0 bridgehead atoms. The van der Waals surface area contributed by atoms with E-state index in [9.17, 15) is 0 Å². The monoisotopic (exact) mass is 298 g/mol. The van der Waals surface area contributed by atoms with Gasteiger partial charge in [0.15, 0.2) is 0 Å². The Morgan fingerprint density at radius 1 is 0.810 bits per heavy atom. The highest BCUT2D eigenvalue weighted by atomic mass is 32.2. The van der Waals surface area contributed by atoms with Crippen molar-refractivity contribution in [1.29, 1.82) is 0 Å². The van der Waals surface area contributed by atoms with E-state index >= 15 is 0 Å². The number of fused-ring (bicyclic) bond motifs is 2. The van der Waals surface area contributed by atoms with Crippen LogP contribution in [-0.2, 0) is 0 Å². The highest BCUT2D eigenvalue weighted by Gasteiger charge is 2.22. The third-order valence-electron chi connectivity index (χ3n) is 4.04. The van der Waals surface area contributed by atoms with E-state index in [1.165, 1.54) is 20.9 Å². The van der Waals surface area contributed by atoms with Crippen LogP contribution >= 0.6 is 11.8 Å². The standard InChI is InChI=1S/C18H22N2S/c1-11(2)13-6-8-17-16(9-13)20(19)15-7-5-14(12(3)4)10-18(15)21-17/h5-12H,19H2,1-4H3. The Balaban J connectivity index is 2.06. The van der Waals surface area contributed by atoms with Gasteiger partial charge >= 0.3 is 0 Å². The highest BCUT2D eigenvalue weighted by molar-refractivity contribution is 7.99. The molecule has 0 atom stereocenters. The van der Waals surface area contributed by atoms with Crippen LogP contribution in [0.5, 0.6) is 0 Å². The Morgan fingerprint density at radius 3 is 2.10 bits per heavy atom. The SMILES string of the molecule is CC(C)c1ccc2c(c1)Sc1ccc(C(C)C)cc1N2N. The molecule has 3 rings (SSSR count). The Labute approximate surface area is 131 Å². The molecule has 0 aliphatic carbocycles. The predicted octanol–water partition coefficient (Wildman–Crippen LogP) is 5.41. The zero-order chi connectivity index (χ0) is 15.1. The third kappa shape index (κ3) is 2.56. The minimum atomic E-state index is 0.512. The van der Waals surface area contributed by atoms with Crippen molar-refractivity contribution in [3.05, 3.63) is 47.5 Å². The summed E-state index contributed by atoms with van der Waals surface area (Å²) in [7, 11) is 0. The lowest BCUT2D eigenvalue weighted by Gasteiger charge is -2.30. The van der Waals surface area contributed by atoms with Gasteiger partial charge in [-0.2, -0.15) is 0 Å². The average Bonchev–Trinajstić information content (AvgIpc) is 2.46. The van der Waals surface area contributed by atoms with Crippen molar-refractivity contribution in [3.63, 3.8) is 0 Å². The maximum absolute atomic E-state index is 6.37. The van der Waals surface area contributed by atoms with E-state index in [1.54, 1.807) is 0 Å². The van der Waals surface area contributed by atoms with Crippen LogP contribution in [0.1, 0.15) is 50.7 Å². The van der Waals surface area contributed by atoms with E-state index < -0.39 is 0 Å². The van der Waals surface area contributed by atoms with Crippen LogP contribution in [0, 0.1) is 0 Å². The molecule has 2 N–H and O–H groups in total. The number of rotatable bonds is 2. The van der Waals surface area contributed by atoms with Crippen molar-refractivity contribution < 1.29 is 0 Å². The van der Waals surface area contributed by atoms with Crippen LogP contribution in [0.2, 0.25) is 0 Å². The summed E-state index contributed by atoms with van der Waals surface area (Å²) in [6.45, 7) is 8.86. The molecule has 21 heavy (non-hydrogen) atoms. The molecule has 110 valence electrons. The van der Waals surface area contributed by atoms with Gasteiger partial charge in [-0.3, -0.25) is 5.01 Å². The third-order valence-corrected chi connectivity index (χ3v) is 5.15. The number of hydrogen-bond acceptors (Lipinski definition) is 3. The lowest BCUT2D eigenvalue weighted by molar-refractivity contribution is 0.855. The fraction of sp³-hybridized carbons (Fsp3) is 0.333. The van der Waals surface area contributed by atoms with Crippen molar-refractivity contribution in [2.45, 2.75) is 49.3 Å². The summed E-state index contributed by atoms with van der Waals surface area (Å²) in [5.74, 6) is 7.42. The lowest BCUT2D eigenvalue weighted by atomic mass is 10.0. The predicted molar refractivity (Wildman–Crippen MR) is 91.5 cm³/mol. The molecular weight excluding hydrogens is 276 g/mol. The van der Waals surface area contributed by atoms with Crippen molar-refractivity contribution in [3.8, 4) is 0 Å². The second-order valence-corrected chi connectivity index (χ2v) is 7.32. The van der Waals surface area contributed by atoms with Crippen molar-refractivity contribution in [1.82, 2.24) is 0 Å². The van der Waals surface area contributed by atoms with Gasteiger partial charge in [-0.05, 0) is 47.2 Å². The van der Waals surface area contributed by atoms with E-state index in [2.05, 4.69) is 64.1 Å². The van der Waals surface area contributed by atoms with Crippen LogP contribution in [-0.4, -0.2) is 0 Å². The number of benzene rings is 2. The van der Waals surface area contributed by atoms with E-state index in [0.29, 0.717) is 11.8 Å². The summed E-state index contributed by atoms with van der Waals surface area (Å²) in [5.41, 5.74) is 4.89. The van der Waals surface area contributed by atoms with Crippen LogP contribution in [0.25, 0.3) is 0 Å². The second-order valence-electron chi connectivity index (χ2n) is 6.24. The molecule has 3 heteroatoms. The summed E-state index contributed by atoms with van der Waals surface area (Å²) in [5, 5.41) is 1.83. The van der Waals surface area contributed by atoms with Gasteiger partial charge in [0.25, 0.3) is 0 Å². The summed E-state index contributed by atoms with van der Waals surface area (Å²) < 4.78 is 0.